The van der Waals surface area contributed by atoms with Gasteiger partial charge in [-0.15, -0.1) is 0 Å². The molecule has 0 aliphatic carbocycles. The summed E-state index contributed by atoms with van der Waals surface area (Å²) in [7, 11) is 0. The average molecular weight is 834 g/mol. The van der Waals surface area contributed by atoms with Crippen LogP contribution in [0.2, 0.25) is 0 Å². The van der Waals surface area contributed by atoms with Crippen molar-refractivity contribution in [1.82, 2.24) is 5.32 Å². The van der Waals surface area contributed by atoms with E-state index in [4.69, 9.17) is 61.6 Å². The van der Waals surface area contributed by atoms with Crippen molar-refractivity contribution in [2.75, 3.05) is 170 Å². The van der Waals surface area contributed by atoms with Crippen molar-refractivity contribution in [3.05, 3.63) is 35.9 Å². The monoisotopic (exact) mass is 833 g/mol. The summed E-state index contributed by atoms with van der Waals surface area (Å²) in [6.45, 7) is 12.9. The van der Waals surface area contributed by atoms with Crippen LogP contribution in [-0.2, 0) is 68.2 Å². The lowest BCUT2D eigenvalue weighted by Gasteiger charge is -2.09. The Morgan fingerprint density at radius 1 is 0.420 bits per heavy atom. The standard InChI is InChI=1S/C34H60INO14/c35-6-8-38-10-12-40-14-16-42-18-20-44-22-24-46-26-28-48-30-31-49-29-27-47-25-23-45-21-19-43-17-15-41-13-11-39-9-7-36-34(37)50-32-33-4-2-1-3-5-33/h1-5H,6-32H2,(H,36,37). The maximum absolute atomic E-state index is 11.6. The normalized spacial score (nSPS) is 11.3. The van der Waals surface area contributed by atoms with Gasteiger partial charge in [0.1, 0.15) is 6.61 Å². The molecule has 0 spiro atoms. The molecule has 292 valence electrons. The van der Waals surface area contributed by atoms with Gasteiger partial charge in [-0.2, -0.15) is 0 Å². The highest BCUT2D eigenvalue weighted by Crippen LogP contribution is 2.00. The predicted molar refractivity (Wildman–Crippen MR) is 193 cm³/mol. The zero-order valence-corrected chi connectivity index (χ0v) is 31.7. The van der Waals surface area contributed by atoms with E-state index in [0.717, 1.165) is 16.6 Å². The van der Waals surface area contributed by atoms with E-state index in [1.807, 2.05) is 30.3 Å². The maximum atomic E-state index is 11.6. The van der Waals surface area contributed by atoms with E-state index in [1.165, 1.54) is 0 Å². The molecule has 0 saturated heterocycles. The molecule has 1 aromatic rings. The number of hydrogen-bond acceptors (Lipinski definition) is 14. The van der Waals surface area contributed by atoms with E-state index >= 15 is 0 Å². The van der Waals surface area contributed by atoms with Crippen LogP contribution in [0.3, 0.4) is 0 Å². The van der Waals surface area contributed by atoms with Crippen LogP contribution in [0.1, 0.15) is 5.56 Å². The molecule has 0 aliphatic heterocycles. The predicted octanol–water partition coefficient (Wildman–Crippen LogP) is 2.55. The lowest BCUT2D eigenvalue weighted by molar-refractivity contribution is -0.0282. The highest BCUT2D eigenvalue weighted by molar-refractivity contribution is 14.1. The second-order valence-electron chi connectivity index (χ2n) is 10.0. The van der Waals surface area contributed by atoms with Crippen LogP contribution >= 0.6 is 22.6 Å². The Morgan fingerprint density at radius 2 is 0.700 bits per heavy atom. The molecule has 0 fully saturated rings. The first kappa shape index (κ1) is 46.8. The number of carbonyl (C=O) groups is 1. The highest BCUT2D eigenvalue weighted by Gasteiger charge is 2.02. The molecule has 1 aromatic carbocycles. The fourth-order valence-electron chi connectivity index (χ4n) is 3.58. The van der Waals surface area contributed by atoms with Gasteiger partial charge >= 0.3 is 6.09 Å². The van der Waals surface area contributed by atoms with Crippen LogP contribution in [0.5, 0.6) is 0 Å². The van der Waals surface area contributed by atoms with Gasteiger partial charge in [-0.05, 0) is 5.56 Å². The summed E-state index contributed by atoms with van der Waals surface area (Å²) in [4.78, 5) is 11.6. The van der Waals surface area contributed by atoms with Crippen LogP contribution in [0.15, 0.2) is 30.3 Å². The summed E-state index contributed by atoms with van der Waals surface area (Å²) in [6.07, 6.45) is -0.469. The minimum Gasteiger partial charge on any atom is -0.445 e. The van der Waals surface area contributed by atoms with E-state index in [2.05, 4.69) is 27.9 Å². The fraction of sp³-hybridized carbons (Fsp3) is 0.794. The molecule has 0 radical (unpaired) electrons. The number of carbonyl (C=O) groups excluding carboxylic acids is 1. The van der Waals surface area contributed by atoms with Crippen LogP contribution < -0.4 is 5.32 Å². The Hall–Kier alpha value is -1.26. The third-order valence-electron chi connectivity index (χ3n) is 6.04. The molecule has 1 amide bonds. The number of halogens is 1. The molecular formula is C34H60INO14. The van der Waals surface area contributed by atoms with Crippen molar-refractivity contribution in [2.24, 2.45) is 0 Å². The minimum absolute atomic E-state index is 0.237. The second kappa shape index (κ2) is 40.5. The Labute approximate surface area is 311 Å². The topological polar surface area (TPSA) is 149 Å². The van der Waals surface area contributed by atoms with E-state index in [0.29, 0.717) is 159 Å². The number of amides is 1. The van der Waals surface area contributed by atoms with Crippen molar-refractivity contribution in [3.63, 3.8) is 0 Å². The highest BCUT2D eigenvalue weighted by atomic mass is 127. The minimum atomic E-state index is -0.469. The Bertz CT molecular complexity index is 817. The quantitative estimate of drug-likeness (QED) is 0.0587. The summed E-state index contributed by atoms with van der Waals surface area (Å²) in [5, 5.41) is 2.64. The molecule has 0 aromatic heterocycles. The first-order valence-electron chi connectivity index (χ1n) is 17.3. The summed E-state index contributed by atoms with van der Waals surface area (Å²) in [5.74, 6) is 0. The van der Waals surface area contributed by atoms with Crippen molar-refractivity contribution in [3.8, 4) is 0 Å². The van der Waals surface area contributed by atoms with Gasteiger partial charge in [-0.1, -0.05) is 52.9 Å². The van der Waals surface area contributed by atoms with E-state index in [9.17, 15) is 4.79 Å². The first-order chi connectivity index (χ1) is 24.8. The van der Waals surface area contributed by atoms with Crippen molar-refractivity contribution < 1.29 is 66.4 Å². The number of hydrogen-bond donors (Lipinski definition) is 1. The smallest absolute Gasteiger partial charge is 0.407 e. The van der Waals surface area contributed by atoms with Crippen LogP contribution in [0.25, 0.3) is 0 Å². The molecule has 0 heterocycles. The van der Waals surface area contributed by atoms with E-state index in [1.54, 1.807) is 0 Å². The van der Waals surface area contributed by atoms with Gasteiger partial charge in [0.15, 0.2) is 0 Å². The molecule has 1 rings (SSSR count). The van der Waals surface area contributed by atoms with Crippen LogP contribution in [-0.4, -0.2) is 176 Å². The summed E-state index contributed by atoms with van der Waals surface area (Å²) < 4.78 is 71.5. The van der Waals surface area contributed by atoms with Crippen LogP contribution in [0, 0.1) is 0 Å². The number of alkyl halides is 1. The molecule has 0 bridgehead atoms. The molecule has 16 heteroatoms. The Morgan fingerprint density at radius 3 is 1.00 bits per heavy atom. The number of alkyl carbamates (subject to hydrolysis) is 1. The number of benzene rings is 1. The van der Waals surface area contributed by atoms with Gasteiger partial charge in [0.25, 0.3) is 0 Å². The van der Waals surface area contributed by atoms with Gasteiger partial charge in [0, 0.05) is 11.0 Å². The molecule has 15 nitrogen and oxygen atoms in total. The number of nitrogens with one attached hydrogen (secondary N) is 1. The first-order valence-corrected chi connectivity index (χ1v) is 18.8. The largest absolute Gasteiger partial charge is 0.445 e. The number of ether oxygens (including phenoxy) is 13. The fourth-order valence-corrected chi connectivity index (χ4v) is 3.89. The van der Waals surface area contributed by atoms with Gasteiger partial charge < -0.3 is 66.9 Å². The average Bonchev–Trinajstić information content (AvgIpc) is 3.14. The van der Waals surface area contributed by atoms with Gasteiger partial charge in [-0.3, -0.25) is 0 Å². The molecule has 0 unspecified atom stereocenters. The second-order valence-corrected chi connectivity index (χ2v) is 11.1. The third-order valence-corrected chi connectivity index (χ3v) is 6.48. The summed E-state index contributed by atoms with van der Waals surface area (Å²) in [6, 6.07) is 9.51. The SMILES string of the molecule is O=C(NCCOCCOCCOCCOCCOCCOCCOCCOCCOCCOCCOCCOCCI)OCc1ccccc1. The van der Waals surface area contributed by atoms with Gasteiger partial charge in [0.2, 0.25) is 0 Å². The summed E-state index contributed by atoms with van der Waals surface area (Å²) >= 11 is 2.28. The Kier molecular flexibility index (Phi) is 37.9. The van der Waals surface area contributed by atoms with E-state index in [-0.39, 0.29) is 6.61 Å². The zero-order valence-electron chi connectivity index (χ0n) is 29.6. The number of rotatable bonds is 40. The molecule has 0 aliphatic rings. The molecule has 0 saturated carbocycles. The van der Waals surface area contributed by atoms with Crippen molar-refractivity contribution in [2.45, 2.75) is 6.61 Å². The van der Waals surface area contributed by atoms with E-state index < -0.39 is 6.09 Å². The molecule has 0 atom stereocenters. The van der Waals surface area contributed by atoms with Gasteiger partial charge in [0.05, 0.1) is 159 Å². The van der Waals surface area contributed by atoms with Crippen molar-refractivity contribution in [1.29, 1.82) is 0 Å². The Balaban J connectivity index is 1.63. The van der Waals surface area contributed by atoms with Gasteiger partial charge in [-0.25, -0.2) is 4.79 Å². The molecule has 1 N–H and O–H groups in total. The lowest BCUT2D eigenvalue weighted by atomic mass is 10.2. The lowest BCUT2D eigenvalue weighted by Crippen LogP contribution is -2.28. The van der Waals surface area contributed by atoms with Crippen molar-refractivity contribution >= 4 is 28.7 Å². The zero-order chi connectivity index (χ0) is 35.7. The summed E-state index contributed by atoms with van der Waals surface area (Å²) in [5.41, 5.74) is 0.937. The molecular weight excluding hydrogens is 773 g/mol. The third kappa shape index (κ3) is 36.5. The molecule has 50 heavy (non-hydrogen) atoms. The maximum Gasteiger partial charge on any atom is 0.407 e. The van der Waals surface area contributed by atoms with Crippen LogP contribution in [0.4, 0.5) is 4.79 Å².